The van der Waals surface area contributed by atoms with Crippen LogP contribution in [0.2, 0.25) is 0 Å². The van der Waals surface area contributed by atoms with Crippen LogP contribution in [-0.2, 0) is 28.7 Å². The second-order valence-electron chi connectivity index (χ2n) is 15.3. The van der Waals surface area contributed by atoms with Crippen LogP contribution < -0.4 is 21.7 Å². The molecule has 1 saturated carbocycles. The third kappa shape index (κ3) is 10.3. The van der Waals surface area contributed by atoms with Gasteiger partial charge >= 0.3 is 12.0 Å². The van der Waals surface area contributed by atoms with Crippen LogP contribution in [-0.4, -0.2) is 71.1 Å². The number of Topliss-reactive ketones (excluding diaryl/α,β-unsaturated/α-hetero) is 1. The van der Waals surface area contributed by atoms with Crippen molar-refractivity contribution in [3.05, 3.63) is 59.7 Å². The van der Waals surface area contributed by atoms with E-state index in [4.69, 9.17) is 10.5 Å². The minimum atomic E-state index is -1.18. The van der Waals surface area contributed by atoms with Crippen LogP contribution in [0.5, 0.6) is 0 Å². The summed E-state index contributed by atoms with van der Waals surface area (Å²) in [7, 11) is 0. The predicted molar refractivity (Wildman–Crippen MR) is 190 cm³/mol. The van der Waals surface area contributed by atoms with Gasteiger partial charge in [-0.25, -0.2) is 9.59 Å². The van der Waals surface area contributed by atoms with Gasteiger partial charge in [0, 0.05) is 12.5 Å². The first kappa shape index (κ1) is 40.0. The summed E-state index contributed by atoms with van der Waals surface area (Å²) in [6.45, 7) is 18.7. The molecule has 0 radical (unpaired) electrons. The van der Waals surface area contributed by atoms with E-state index in [1.54, 1.807) is 41.5 Å². The average molecular weight is 694 g/mol. The highest BCUT2D eigenvalue weighted by molar-refractivity contribution is 6.37. The summed E-state index contributed by atoms with van der Waals surface area (Å²) in [5.74, 6) is -4.40. The number of nitrogens with zero attached hydrogens (tertiary/aromatic N) is 1. The third-order valence-electron chi connectivity index (χ3n) is 9.43. The number of hydrogen-bond donors (Lipinski definition) is 4. The van der Waals surface area contributed by atoms with E-state index in [1.165, 1.54) is 4.90 Å². The Labute approximate surface area is 296 Å². The van der Waals surface area contributed by atoms with Gasteiger partial charge in [0.25, 0.3) is 5.91 Å². The second-order valence-corrected chi connectivity index (χ2v) is 15.3. The van der Waals surface area contributed by atoms with Gasteiger partial charge in [0.05, 0.1) is 6.04 Å². The van der Waals surface area contributed by atoms with E-state index in [-0.39, 0.29) is 30.7 Å². The highest BCUT2D eigenvalue weighted by Gasteiger charge is 2.47. The number of nitrogens with two attached hydrogens (primary N) is 1. The lowest BCUT2D eigenvalue weighted by molar-refractivity contribution is -0.152. The summed E-state index contributed by atoms with van der Waals surface area (Å²) in [4.78, 5) is 81.2. The van der Waals surface area contributed by atoms with Crippen molar-refractivity contribution in [1.29, 1.82) is 0 Å². The molecule has 5 amide bonds. The number of allylic oxidation sites excluding steroid dienone is 1. The highest BCUT2D eigenvalue weighted by atomic mass is 16.5. The van der Waals surface area contributed by atoms with Gasteiger partial charge in [0.1, 0.15) is 24.2 Å². The molecule has 5 N–H and O–H groups in total. The van der Waals surface area contributed by atoms with Gasteiger partial charge in [-0.2, -0.15) is 0 Å². The third-order valence-corrected chi connectivity index (χ3v) is 9.43. The fourth-order valence-corrected chi connectivity index (χ4v) is 6.31. The van der Waals surface area contributed by atoms with E-state index in [0.29, 0.717) is 5.57 Å². The van der Waals surface area contributed by atoms with Gasteiger partial charge in [0.2, 0.25) is 17.6 Å². The maximum absolute atomic E-state index is 14.4. The molecule has 3 rings (SSSR count). The van der Waals surface area contributed by atoms with Gasteiger partial charge in [-0.15, -0.1) is 0 Å². The van der Waals surface area contributed by atoms with Crippen molar-refractivity contribution in [2.75, 3.05) is 6.54 Å². The molecule has 1 aliphatic heterocycles. The number of ketones is 1. The first-order chi connectivity index (χ1) is 23.3. The van der Waals surface area contributed by atoms with Crippen molar-refractivity contribution < 1.29 is 33.5 Å². The van der Waals surface area contributed by atoms with E-state index in [1.807, 2.05) is 50.3 Å². The lowest BCUT2D eigenvalue weighted by Crippen LogP contribution is -2.61. The van der Waals surface area contributed by atoms with Crippen molar-refractivity contribution in [2.45, 2.75) is 111 Å². The van der Waals surface area contributed by atoms with Gasteiger partial charge in [-0.05, 0) is 55.6 Å². The smallest absolute Gasteiger partial charge is 0.329 e. The van der Waals surface area contributed by atoms with Gasteiger partial charge in [-0.3, -0.25) is 19.2 Å². The van der Waals surface area contributed by atoms with Gasteiger partial charge < -0.3 is 31.3 Å². The molecule has 50 heavy (non-hydrogen) atoms. The number of benzene rings is 1. The number of carbonyl (C=O) groups is 6. The van der Waals surface area contributed by atoms with E-state index >= 15 is 0 Å². The molecule has 1 aromatic rings. The largest absolute Gasteiger partial charge is 0.456 e. The second kappa shape index (κ2) is 17.0. The fraction of sp³-hybridized carbons (Fsp3) is 0.579. The van der Waals surface area contributed by atoms with Crippen LogP contribution in [0.4, 0.5) is 4.79 Å². The molecule has 1 saturated heterocycles. The predicted octanol–water partition coefficient (Wildman–Crippen LogP) is 4.11. The molecule has 12 heteroatoms. The molecule has 2 aliphatic rings. The Morgan fingerprint density at radius 2 is 1.62 bits per heavy atom. The Bertz CT molecular complexity index is 1470. The summed E-state index contributed by atoms with van der Waals surface area (Å²) < 4.78 is 5.69. The summed E-state index contributed by atoms with van der Waals surface area (Å²) in [5, 5.41) is 8.17. The van der Waals surface area contributed by atoms with Crippen LogP contribution in [0.1, 0.15) is 92.7 Å². The molecule has 12 nitrogen and oxygen atoms in total. The van der Waals surface area contributed by atoms with E-state index in [9.17, 15) is 28.8 Å². The number of primary amides is 1. The number of urea groups is 1. The molecule has 0 spiro atoms. The Balaban J connectivity index is 1.85. The van der Waals surface area contributed by atoms with Crippen molar-refractivity contribution in [3.8, 4) is 0 Å². The Kier molecular flexibility index (Phi) is 13.5. The highest BCUT2D eigenvalue weighted by Crippen LogP contribution is 2.34. The topological polar surface area (TPSA) is 177 Å². The quantitative estimate of drug-likeness (QED) is 0.129. The fourth-order valence-electron chi connectivity index (χ4n) is 6.31. The van der Waals surface area contributed by atoms with E-state index < -0.39 is 71.2 Å². The number of likely N-dealkylation sites (tertiary alicyclic amines) is 1. The molecule has 1 unspecified atom stereocenters. The molecule has 0 aromatic heterocycles. The molecule has 0 bridgehead atoms. The van der Waals surface area contributed by atoms with Gasteiger partial charge in [0.15, 0.2) is 0 Å². The van der Waals surface area contributed by atoms with Crippen LogP contribution >= 0.6 is 0 Å². The molecule has 274 valence electrons. The van der Waals surface area contributed by atoms with Gasteiger partial charge in [-0.1, -0.05) is 102 Å². The Morgan fingerprint density at radius 1 is 1.00 bits per heavy atom. The molecular formula is C38H55N5O7. The number of carbonyl (C=O) groups excluding carboxylic acids is 6. The van der Waals surface area contributed by atoms with Crippen molar-refractivity contribution in [1.82, 2.24) is 20.9 Å². The first-order valence-corrected chi connectivity index (χ1v) is 17.4. The number of ether oxygens (including phenoxy) is 1. The summed E-state index contributed by atoms with van der Waals surface area (Å²) in [6, 6.07) is 4.01. The number of nitrogens with one attached hydrogen (secondary N) is 3. The maximum Gasteiger partial charge on any atom is 0.329 e. The summed E-state index contributed by atoms with van der Waals surface area (Å²) >= 11 is 0. The molecule has 1 heterocycles. The molecule has 1 aromatic carbocycles. The van der Waals surface area contributed by atoms with Crippen molar-refractivity contribution >= 4 is 35.5 Å². The molecule has 2 fully saturated rings. The SMILES string of the molecule is C=C1[C@@H](C(=O)NC(CC2CCC2)C(=O)C(N)=O)N(C(=O)[C@@H](NC(=O)N[C@H](C(=O)O[C@H](C)c2ccccc2)C(C)C)C(C)(C)C)C[C@@H]1C=C(C)C. The van der Waals surface area contributed by atoms with Crippen LogP contribution in [0.25, 0.3) is 0 Å². The standard InChI is InChI=1S/C38H55N5O7/c1-21(2)18-27-20-43(30(23(27)5)34(46)40-28(31(44)33(39)45)19-25-14-13-15-25)35(47)32(38(7,8)9)42-37(49)41-29(22(3)4)36(48)50-24(6)26-16-11-10-12-17-26/h10-12,16-18,22,24-25,27-30,32H,5,13-15,19-20H2,1-4,6-9H3,(H2,39,45)(H,40,46)(H2,41,42,49)/t24-,27+,28?,29+,30+,32-/m1/s1. The molecule has 1 aliphatic carbocycles. The molecule has 6 atom stereocenters. The van der Waals surface area contributed by atoms with Crippen LogP contribution in [0.15, 0.2) is 54.1 Å². The summed E-state index contributed by atoms with van der Waals surface area (Å²) in [5.41, 5.74) is 6.69. The normalized spacial score (nSPS) is 20.1. The minimum Gasteiger partial charge on any atom is -0.456 e. The number of esters is 1. The van der Waals surface area contributed by atoms with Crippen LogP contribution in [0.3, 0.4) is 0 Å². The number of hydrogen-bond acceptors (Lipinski definition) is 7. The van der Waals surface area contributed by atoms with E-state index in [2.05, 4.69) is 22.5 Å². The van der Waals surface area contributed by atoms with Crippen molar-refractivity contribution in [2.24, 2.45) is 28.9 Å². The zero-order valence-electron chi connectivity index (χ0n) is 30.7. The first-order valence-electron chi connectivity index (χ1n) is 17.4. The average Bonchev–Trinajstić information content (AvgIpc) is 3.33. The Hall–Kier alpha value is -4.48. The summed E-state index contributed by atoms with van der Waals surface area (Å²) in [6.07, 6.45) is 4.40. The zero-order valence-corrected chi connectivity index (χ0v) is 30.7. The number of amides is 5. The minimum absolute atomic E-state index is 0.103. The zero-order chi connectivity index (χ0) is 37.5. The maximum atomic E-state index is 14.4. The number of rotatable bonds is 14. The molecular weight excluding hydrogens is 638 g/mol. The van der Waals surface area contributed by atoms with Crippen LogP contribution in [0, 0.1) is 23.2 Å². The lowest BCUT2D eigenvalue weighted by atomic mass is 9.80. The monoisotopic (exact) mass is 693 g/mol. The lowest BCUT2D eigenvalue weighted by Gasteiger charge is -2.36. The Morgan fingerprint density at radius 3 is 2.12 bits per heavy atom. The van der Waals surface area contributed by atoms with E-state index in [0.717, 1.165) is 30.4 Å². The van der Waals surface area contributed by atoms with Crippen molar-refractivity contribution in [3.63, 3.8) is 0 Å².